The molecule has 1 amide bonds. The first-order valence-electron chi connectivity index (χ1n) is 6.16. The van der Waals surface area contributed by atoms with Crippen LogP contribution in [0.1, 0.15) is 32.6 Å². The lowest BCUT2D eigenvalue weighted by atomic mass is 9.79. The van der Waals surface area contributed by atoms with Crippen LogP contribution in [0.4, 0.5) is 0 Å². The summed E-state index contributed by atoms with van der Waals surface area (Å²) < 4.78 is 0. The van der Waals surface area contributed by atoms with E-state index >= 15 is 0 Å². The van der Waals surface area contributed by atoms with Crippen molar-refractivity contribution in [2.24, 2.45) is 11.8 Å². The van der Waals surface area contributed by atoms with E-state index in [-0.39, 0.29) is 0 Å². The number of hydrogen-bond donors (Lipinski definition) is 1. The highest BCUT2D eigenvalue weighted by molar-refractivity contribution is 5.80. The standard InChI is InChI=1S/C12H22N2O/c1-9-3-5-14(6-4-9)12(15)10-7-11(8-10)13-2/h9-11,13H,3-8H2,1-2H3/t10-,11+. The van der Waals surface area contributed by atoms with Gasteiger partial charge in [-0.25, -0.2) is 0 Å². The van der Waals surface area contributed by atoms with Crippen LogP contribution < -0.4 is 5.32 Å². The highest BCUT2D eigenvalue weighted by Gasteiger charge is 2.36. The number of nitrogens with one attached hydrogen (secondary N) is 1. The van der Waals surface area contributed by atoms with Crippen LogP contribution >= 0.6 is 0 Å². The number of piperidine rings is 1. The molecule has 0 aromatic heterocycles. The topological polar surface area (TPSA) is 32.3 Å². The van der Waals surface area contributed by atoms with Crippen LogP contribution in [-0.4, -0.2) is 37.0 Å². The van der Waals surface area contributed by atoms with Gasteiger partial charge in [0.15, 0.2) is 0 Å². The van der Waals surface area contributed by atoms with Crippen molar-refractivity contribution in [1.82, 2.24) is 10.2 Å². The largest absolute Gasteiger partial charge is 0.342 e. The number of likely N-dealkylation sites (tertiary alicyclic amines) is 1. The van der Waals surface area contributed by atoms with Crippen LogP contribution in [0.15, 0.2) is 0 Å². The first-order chi connectivity index (χ1) is 7.20. The molecule has 15 heavy (non-hydrogen) atoms. The quantitative estimate of drug-likeness (QED) is 0.744. The molecule has 3 nitrogen and oxygen atoms in total. The minimum atomic E-state index is 0.316. The molecule has 0 bridgehead atoms. The van der Waals surface area contributed by atoms with Crippen molar-refractivity contribution in [2.45, 2.75) is 38.6 Å². The van der Waals surface area contributed by atoms with Crippen LogP contribution in [0, 0.1) is 11.8 Å². The molecule has 1 aliphatic carbocycles. The maximum atomic E-state index is 12.0. The van der Waals surface area contributed by atoms with E-state index in [1.54, 1.807) is 0 Å². The molecule has 2 aliphatic rings. The Morgan fingerprint density at radius 1 is 1.27 bits per heavy atom. The summed E-state index contributed by atoms with van der Waals surface area (Å²) in [5.74, 6) is 1.53. The van der Waals surface area contributed by atoms with Gasteiger partial charge in [-0.2, -0.15) is 0 Å². The second-order valence-electron chi connectivity index (χ2n) is 5.16. The summed E-state index contributed by atoms with van der Waals surface area (Å²) in [6.07, 6.45) is 4.46. The average Bonchev–Trinajstić information content (AvgIpc) is 2.17. The number of hydrogen-bond acceptors (Lipinski definition) is 2. The maximum Gasteiger partial charge on any atom is 0.225 e. The third-order valence-corrected chi connectivity index (χ3v) is 3.99. The summed E-state index contributed by atoms with van der Waals surface area (Å²) in [4.78, 5) is 14.1. The molecule has 1 aliphatic heterocycles. The monoisotopic (exact) mass is 210 g/mol. The zero-order valence-corrected chi connectivity index (χ0v) is 9.83. The molecule has 1 saturated carbocycles. The highest BCUT2D eigenvalue weighted by atomic mass is 16.2. The lowest BCUT2D eigenvalue weighted by Gasteiger charge is -2.39. The predicted molar refractivity (Wildman–Crippen MR) is 60.5 cm³/mol. The van der Waals surface area contributed by atoms with Crippen molar-refractivity contribution in [3.8, 4) is 0 Å². The smallest absolute Gasteiger partial charge is 0.225 e. The molecule has 0 unspecified atom stereocenters. The van der Waals surface area contributed by atoms with Gasteiger partial charge >= 0.3 is 0 Å². The predicted octanol–water partition coefficient (Wildman–Crippen LogP) is 1.24. The molecule has 1 N–H and O–H groups in total. The van der Waals surface area contributed by atoms with Gasteiger partial charge in [0.1, 0.15) is 0 Å². The summed E-state index contributed by atoms with van der Waals surface area (Å²) in [5.41, 5.74) is 0. The van der Waals surface area contributed by atoms with Gasteiger partial charge in [0.25, 0.3) is 0 Å². The Morgan fingerprint density at radius 3 is 2.40 bits per heavy atom. The summed E-state index contributed by atoms with van der Waals surface area (Å²) in [6, 6.07) is 0.586. The summed E-state index contributed by atoms with van der Waals surface area (Å²) >= 11 is 0. The van der Waals surface area contributed by atoms with Gasteiger partial charge in [-0.05, 0) is 38.6 Å². The molecule has 2 fully saturated rings. The summed E-state index contributed by atoms with van der Waals surface area (Å²) in [6.45, 7) is 4.25. The minimum Gasteiger partial charge on any atom is -0.342 e. The van der Waals surface area contributed by atoms with Crippen molar-refractivity contribution in [1.29, 1.82) is 0 Å². The molecular weight excluding hydrogens is 188 g/mol. The van der Waals surface area contributed by atoms with Gasteiger partial charge in [-0.15, -0.1) is 0 Å². The van der Waals surface area contributed by atoms with Crippen LogP contribution in [-0.2, 0) is 4.79 Å². The van der Waals surface area contributed by atoms with Crippen molar-refractivity contribution < 1.29 is 4.79 Å². The lowest BCUT2D eigenvalue weighted by molar-refractivity contribution is -0.140. The van der Waals surface area contributed by atoms with Crippen molar-refractivity contribution in [3.63, 3.8) is 0 Å². The van der Waals surface area contributed by atoms with Gasteiger partial charge in [-0.3, -0.25) is 4.79 Å². The van der Waals surface area contributed by atoms with Gasteiger partial charge < -0.3 is 10.2 Å². The first-order valence-corrected chi connectivity index (χ1v) is 6.16. The molecule has 3 heteroatoms. The molecule has 0 spiro atoms. The molecule has 0 radical (unpaired) electrons. The van der Waals surface area contributed by atoms with E-state index in [1.807, 2.05) is 7.05 Å². The molecule has 1 heterocycles. The van der Waals surface area contributed by atoms with E-state index < -0.39 is 0 Å². The van der Waals surface area contributed by atoms with E-state index in [4.69, 9.17) is 0 Å². The average molecular weight is 210 g/mol. The third-order valence-electron chi connectivity index (χ3n) is 3.99. The van der Waals surface area contributed by atoms with E-state index in [9.17, 15) is 4.79 Å². The highest BCUT2D eigenvalue weighted by Crippen LogP contribution is 2.30. The second kappa shape index (κ2) is 4.52. The fourth-order valence-electron chi connectivity index (χ4n) is 2.54. The van der Waals surface area contributed by atoms with E-state index in [2.05, 4.69) is 17.1 Å². The van der Waals surface area contributed by atoms with Crippen molar-refractivity contribution in [3.05, 3.63) is 0 Å². The molecule has 0 aromatic carbocycles. The van der Waals surface area contributed by atoms with Gasteiger partial charge in [-0.1, -0.05) is 6.92 Å². The molecule has 86 valence electrons. The van der Waals surface area contributed by atoms with Crippen LogP contribution in [0.5, 0.6) is 0 Å². The van der Waals surface area contributed by atoms with Gasteiger partial charge in [0.2, 0.25) is 5.91 Å². The maximum absolute atomic E-state index is 12.0. The van der Waals surface area contributed by atoms with Crippen molar-refractivity contribution >= 4 is 5.91 Å². The number of rotatable bonds is 2. The molecule has 0 aromatic rings. The molecule has 1 saturated heterocycles. The van der Waals surface area contributed by atoms with Gasteiger partial charge in [0.05, 0.1) is 0 Å². The van der Waals surface area contributed by atoms with Crippen LogP contribution in [0.3, 0.4) is 0 Å². The number of nitrogens with zero attached hydrogens (tertiary/aromatic N) is 1. The second-order valence-corrected chi connectivity index (χ2v) is 5.16. The Balaban J connectivity index is 1.77. The zero-order valence-electron chi connectivity index (χ0n) is 9.83. The summed E-state index contributed by atoms with van der Waals surface area (Å²) in [5, 5.41) is 3.23. The molecule has 2 rings (SSSR count). The Hall–Kier alpha value is -0.570. The minimum absolute atomic E-state index is 0.316. The number of amides is 1. The summed E-state index contributed by atoms with van der Waals surface area (Å²) in [7, 11) is 1.98. The van der Waals surface area contributed by atoms with Crippen LogP contribution in [0.2, 0.25) is 0 Å². The Morgan fingerprint density at radius 2 is 1.87 bits per heavy atom. The number of carbonyl (C=O) groups excluding carboxylic acids is 1. The van der Waals surface area contributed by atoms with Crippen molar-refractivity contribution in [2.75, 3.05) is 20.1 Å². The van der Waals surface area contributed by atoms with Crippen LogP contribution in [0.25, 0.3) is 0 Å². The van der Waals surface area contributed by atoms with Gasteiger partial charge in [0, 0.05) is 25.0 Å². The normalized spacial score (nSPS) is 32.5. The fourth-order valence-corrected chi connectivity index (χ4v) is 2.54. The molecule has 0 atom stereocenters. The third kappa shape index (κ3) is 2.33. The fraction of sp³-hybridized carbons (Fsp3) is 0.917. The van der Waals surface area contributed by atoms with E-state index in [0.717, 1.165) is 31.8 Å². The number of carbonyl (C=O) groups is 1. The Kier molecular flexibility index (Phi) is 3.29. The van der Waals surface area contributed by atoms with E-state index in [0.29, 0.717) is 17.9 Å². The SMILES string of the molecule is CN[C@H]1C[C@@H](C(=O)N2CCC(C)CC2)C1. The Bertz CT molecular complexity index is 228. The Labute approximate surface area is 92.2 Å². The molecular formula is C12H22N2O. The van der Waals surface area contributed by atoms with E-state index in [1.165, 1.54) is 12.8 Å². The first kappa shape index (κ1) is 10.9. The zero-order chi connectivity index (χ0) is 10.8. The lowest BCUT2D eigenvalue weighted by Crippen LogP contribution is -2.49.